The van der Waals surface area contributed by atoms with E-state index in [-0.39, 0.29) is 0 Å². The lowest BCUT2D eigenvalue weighted by Crippen LogP contribution is -2.13. The first-order chi connectivity index (χ1) is 10.3. The van der Waals surface area contributed by atoms with Gasteiger partial charge < -0.3 is 10.3 Å². The Morgan fingerprint density at radius 1 is 1.14 bits per heavy atom. The Labute approximate surface area is 125 Å². The molecule has 1 aliphatic heterocycles. The van der Waals surface area contributed by atoms with Crippen molar-refractivity contribution in [2.24, 2.45) is 0 Å². The summed E-state index contributed by atoms with van der Waals surface area (Å²) in [4.78, 5) is 8.31. The van der Waals surface area contributed by atoms with Crippen LogP contribution in [0.15, 0.2) is 30.3 Å². The van der Waals surface area contributed by atoms with E-state index in [1.807, 2.05) is 13.8 Å². The van der Waals surface area contributed by atoms with Crippen LogP contribution in [-0.4, -0.2) is 16.5 Å². The minimum Gasteiger partial charge on any atom is -0.341 e. The summed E-state index contributed by atoms with van der Waals surface area (Å²) in [7, 11) is 0. The molecule has 1 aromatic heterocycles. The number of rotatable bonds is 1. The second-order valence-electron chi connectivity index (χ2n) is 5.46. The minimum absolute atomic E-state index is 0.396. The number of aromatic amines is 1. The Morgan fingerprint density at radius 3 is 2.76 bits per heavy atom. The lowest BCUT2D eigenvalue weighted by molar-refractivity contribution is 0.614. The molecule has 21 heavy (non-hydrogen) atoms. The third-order valence-corrected chi connectivity index (χ3v) is 4.03. The fourth-order valence-electron chi connectivity index (χ4n) is 3.02. The maximum absolute atomic E-state index is 4.83. The summed E-state index contributed by atoms with van der Waals surface area (Å²) in [5.41, 5.74) is 3.53. The van der Waals surface area contributed by atoms with E-state index >= 15 is 0 Å². The number of aromatic nitrogens is 2. The molecule has 1 aliphatic rings. The van der Waals surface area contributed by atoms with Crippen molar-refractivity contribution in [1.29, 1.82) is 0 Å². The Balaban J connectivity index is 0.000000636. The molecule has 3 nitrogen and oxygen atoms in total. The number of H-pyrrole nitrogens is 1. The molecule has 2 N–H and O–H groups in total. The van der Waals surface area contributed by atoms with Gasteiger partial charge in [-0.25, -0.2) is 4.98 Å². The summed E-state index contributed by atoms with van der Waals surface area (Å²) in [5.74, 6) is 1.08. The number of imidazole rings is 1. The quantitative estimate of drug-likeness (QED) is 0.690. The average molecular weight is 281 g/mol. The molecule has 1 atom stereocenters. The van der Waals surface area contributed by atoms with Gasteiger partial charge in [-0.3, -0.25) is 0 Å². The first kappa shape index (κ1) is 14.1. The molecular weight excluding hydrogens is 258 g/mol. The third-order valence-electron chi connectivity index (χ3n) is 4.03. The van der Waals surface area contributed by atoms with Gasteiger partial charge in [-0.2, -0.15) is 0 Å². The predicted molar refractivity (Wildman–Crippen MR) is 89.7 cm³/mol. The van der Waals surface area contributed by atoms with Crippen molar-refractivity contribution < 1.29 is 0 Å². The lowest BCUT2D eigenvalue weighted by atomic mass is 10.1. The molecule has 0 aliphatic carbocycles. The van der Waals surface area contributed by atoms with Crippen LogP contribution in [0.4, 0.5) is 0 Å². The standard InChI is InChI=1S/C16H17N3.C2H6/c1-10-4-6-12-11(9-10)5-7-13-15(12)19-16(18-13)14-3-2-8-17-14;1-2/h4-7,9,14,17H,2-3,8H2,1H3,(H,18,19);1-2H3. The molecular formula is C18H23N3. The number of nitrogens with zero attached hydrogens (tertiary/aromatic N) is 1. The van der Waals surface area contributed by atoms with Gasteiger partial charge in [0, 0.05) is 5.39 Å². The maximum atomic E-state index is 4.83. The summed E-state index contributed by atoms with van der Waals surface area (Å²) in [6.45, 7) is 7.23. The summed E-state index contributed by atoms with van der Waals surface area (Å²) in [6.07, 6.45) is 2.42. The van der Waals surface area contributed by atoms with Gasteiger partial charge in [0.05, 0.1) is 17.1 Å². The van der Waals surface area contributed by atoms with Crippen LogP contribution >= 0.6 is 0 Å². The van der Waals surface area contributed by atoms with Gasteiger partial charge in [0.25, 0.3) is 0 Å². The summed E-state index contributed by atoms with van der Waals surface area (Å²) < 4.78 is 0. The second-order valence-corrected chi connectivity index (χ2v) is 5.46. The van der Waals surface area contributed by atoms with Gasteiger partial charge >= 0.3 is 0 Å². The zero-order valence-corrected chi connectivity index (χ0v) is 13.0. The van der Waals surface area contributed by atoms with E-state index in [1.54, 1.807) is 0 Å². The summed E-state index contributed by atoms with van der Waals surface area (Å²) in [6, 6.07) is 11.3. The van der Waals surface area contributed by atoms with Gasteiger partial charge in [-0.15, -0.1) is 0 Å². The van der Waals surface area contributed by atoms with Crippen molar-refractivity contribution >= 4 is 21.8 Å². The number of aryl methyl sites for hydroxylation is 1. The van der Waals surface area contributed by atoms with Crippen LogP contribution in [0.5, 0.6) is 0 Å². The number of hydrogen-bond acceptors (Lipinski definition) is 2. The molecule has 0 amide bonds. The monoisotopic (exact) mass is 281 g/mol. The van der Waals surface area contributed by atoms with Crippen molar-refractivity contribution in [3.63, 3.8) is 0 Å². The Morgan fingerprint density at radius 2 is 2.00 bits per heavy atom. The molecule has 1 unspecified atom stereocenters. The molecule has 3 heteroatoms. The summed E-state index contributed by atoms with van der Waals surface area (Å²) in [5, 5.41) is 6.01. The highest BCUT2D eigenvalue weighted by Gasteiger charge is 2.19. The highest BCUT2D eigenvalue weighted by atomic mass is 15.0. The van der Waals surface area contributed by atoms with E-state index in [0.29, 0.717) is 6.04 Å². The van der Waals surface area contributed by atoms with E-state index in [9.17, 15) is 0 Å². The minimum atomic E-state index is 0.396. The van der Waals surface area contributed by atoms with E-state index in [0.717, 1.165) is 23.4 Å². The molecule has 110 valence electrons. The largest absolute Gasteiger partial charge is 0.341 e. The van der Waals surface area contributed by atoms with E-state index in [4.69, 9.17) is 4.98 Å². The van der Waals surface area contributed by atoms with E-state index < -0.39 is 0 Å². The molecule has 0 bridgehead atoms. The molecule has 1 fully saturated rings. The Hall–Kier alpha value is -1.87. The highest BCUT2D eigenvalue weighted by Crippen LogP contribution is 2.28. The molecule has 2 aromatic carbocycles. The third kappa shape index (κ3) is 2.54. The average Bonchev–Trinajstić information content (AvgIpc) is 3.17. The Bertz CT molecular complexity index is 752. The van der Waals surface area contributed by atoms with Crippen molar-refractivity contribution in [1.82, 2.24) is 15.3 Å². The van der Waals surface area contributed by atoms with Crippen LogP contribution in [0.3, 0.4) is 0 Å². The fraction of sp³-hybridized carbons (Fsp3) is 0.389. The molecule has 3 aromatic rings. The zero-order chi connectivity index (χ0) is 14.8. The molecule has 0 spiro atoms. The number of fused-ring (bicyclic) bond motifs is 3. The first-order valence-electron chi connectivity index (χ1n) is 7.94. The molecule has 4 rings (SSSR count). The maximum Gasteiger partial charge on any atom is 0.124 e. The van der Waals surface area contributed by atoms with E-state index in [1.165, 1.54) is 29.2 Å². The topological polar surface area (TPSA) is 40.7 Å². The number of benzene rings is 2. The fourth-order valence-corrected chi connectivity index (χ4v) is 3.02. The van der Waals surface area contributed by atoms with Crippen LogP contribution in [-0.2, 0) is 0 Å². The highest BCUT2D eigenvalue weighted by molar-refractivity contribution is 6.04. The molecule has 0 saturated carbocycles. The summed E-state index contributed by atoms with van der Waals surface area (Å²) >= 11 is 0. The van der Waals surface area contributed by atoms with Crippen LogP contribution in [0, 0.1) is 6.92 Å². The van der Waals surface area contributed by atoms with Crippen molar-refractivity contribution in [3.05, 3.63) is 41.7 Å². The van der Waals surface area contributed by atoms with Gasteiger partial charge in [0.15, 0.2) is 0 Å². The number of nitrogens with one attached hydrogen (secondary N) is 2. The second kappa shape index (κ2) is 5.86. The molecule has 1 saturated heterocycles. The Kier molecular flexibility index (Phi) is 3.93. The first-order valence-corrected chi connectivity index (χ1v) is 7.94. The lowest BCUT2D eigenvalue weighted by Gasteiger charge is -2.04. The van der Waals surface area contributed by atoms with Crippen LogP contribution in [0.1, 0.15) is 44.1 Å². The number of hydrogen-bond donors (Lipinski definition) is 2. The zero-order valence-electron chi connectivity index (χ0n) is 13.0. The SMILES string of the molecule is CC.Cc1ccc2c(ccc3[nH]c(C4CCCN4)nc32)c1. The van der Waals surface area contributed by atoms with Crippen molar-refractivity contribution in [2.45, 2.75) is 39.7 Å². The molecule has 0 radical (unpaired) electrons. The van der Waals surface area contributed by atoms with E-state index in [2.05, 4.69) is 47.6 Å². The smallest absolute Gasteiger partial charge is 0.124 e. The van der Waals surface area contributed by atoms with Gasteiger partial charge in [-0.1, -0.05) is 43.7 Å². The normalized spacial score (nSPS) is 18.0. The van der Waals surface area contributed by atoms with Crippen molar-refractivity contribution in [2.75, 3.05) is 6.54 Å². The van der Waals surface area contributed by atoms with Gasteiger partial charge in [0.2, 0.25) is 0 Å². The predicted octanol–water partition coefficient (Wildman–Crippen LogP) is 4.48. The van der Waals surface area contributed by atoms with Crippen molar-refractivity contribution in [3.8, 4) is 0 Å². The van der Waals surface area contributed by atoms with Gasteiger partial charge in [-0.05, 0) is 37.8 Å². The van der Waals surface area contributed by atoms with Crippen LogP contribution in [0.2, 0.25) is 0 Å². The van der Waals surface area contributed by atoms with Gasteiger partial charge in [0.1, 0.15) is 5.82 Å². The molecule has 2 heterocycles. The van der Waals surface area contributed by atoms with Crippen LogP contribution in [0.25, 0.3) is 21.8 Å². The van der Waals surface area contributed by atoms with Crippen LogP contribution < -0.4 is 5.32 Å².